The van der Waals surface area contributed by atoms with Crippen LogP contribution in [-0.4, -0.2) is 22.9 Å². The van der Waals surface area contributed by atoms with Crippen LogP contribution in [0.4, 0.5) is 10.5 Å². The van der Waals surface area contributed by atoms with Gasteiger partial charge in [-0.15, -0.1) is 0 Å². The zero-order valence-electron chi connectivity index (χ0n) is 14.5. The van der Waals surface area contributed by atoms with Gasteiger partial charge in [0.25, 0.3) is 0 Å². The van der Waals surface area contributed by atoms with Gasteiger partial charge in [0, 0.05) is 31.0 Å². The van der Waals surface area contributed by atoms with Gasteiger partial charge in [0.05, 0.1) is 11.6 Å². The maximum atomic E-state index is 12.2. The van der Waals surface area contributed by atoms with E-state index in [0.717, 1.165) is 27.0 Å². The number of aromatic nitrogens is 2. The Morgan fingerprint density at radius 1 is 1.23 bits per heavy atom. The van der Waals surface area contributed by atoms with Gasteiger partial charge in [-0.3, -0.25) is 4.68 Å². The Morgan fingerprint density at radius 2 is 2.00 bits per heavy atom. The van der Waals surface area contributed by atoms with Gasteiger partial charge in [0.1, 0.15) is 11.4 Å². The molecule has 2 amide bonds. The summed E-state index contributed by atoms with van der Waals surface area (Å²) in [5.41, 5.74) is 3.44. The first-order chi connectivity index (χ1) is 12.5. The third kappa shape index (κ3) is 4.43. The fraction of sp³-hybridized carbons (Fsp3) is 0.158. The number of anilines is 1. The Kier molecular flexibility index (Phi) is 5.58. The average molecular weight is 415 g/mol. The molecule has 0 spiro atoms. The third-order valence-electron chi connectivity index (χ3n) is 3.79. The Labute approximate surface area is 160 Å². The van der Waals surface area contributed by atoms with Gasteiger partial charge in [-0.05, 0) is 45.8 Å². The highest BCUT2D eigenvalue weighted by Crippen LogP contribution is 2.28. The van der Waals surface area contributed by atoms with E-state index >= 15 is 0 Å². The Hall–Kier alpha value is -2.80. The third-order valence-corrected chi connectivity index (χ3v) is 4.37. The summed E-state index contributed by atoms with van der Waals surface area (Å²) in [7, 11) is 3.49. The van der Waals surface area contributed by atoms with Crippen LogP contribution in [0.15, 0.2) is 59.2 Å². The number of rotatable bonds is 5. The number of benzene rings is 2. The summed E-state index contributed by atoms with van der Waals surface area (Å²) < 4.78 is 7.76. The van der Waals surface area contributed by atoms with Crippen molar-refractivity contribution >= 4 is 27.6 Å². The standard InChI is InChI=1S/C19H19BrN4O2/c1-24-12-17(20)18(23-24)14-4-3-5-15(10-14)22-19(25)21-11-13-6-8-16(26-2)9-7-13/h3-10,12H,11H2,1-2H3,(H2,21,22,25). The molecule has 0 aliphatic carbocycles. The molecule has 6 nitrogen and oxygen atoms in total. The number of halogens is 1. The predicted molar refractivity (Wildman–Crippen MR) is 105 cm³/mol. The first kappa shape index (κ1) is 18.0. The number of carbonyl (C=O) groups excluding carboxylic acids is 1. The second-order valence-corrected chi connectivity index (χ2v) is 6.59. The van der Waals surface area contributed by atoms with Crippen molar-refractivity contribution in [2.24, 2.45) is 7.05 Å². The molecule has 0 saturated carbocycles. The molecule has 3 rings (SSSR count). The molecule has 0 atom stereocenters. The first-order valence-electron chi connectivity index (χ1n) is 8.02. The smallest absolute Gasteiger partial charge is 0.319 e. The van der Waals surface area contributed by atoms with Gasteiger partial charge in [0.15, 0.2) is 0 Å². The van der Waals surface area contributed by atoms with Crippen molar-refractivity contribution in [2.75, 3.05) is 12.4 Å². The minimum atomic E-state index is -0.266. The molecule has 2 aromatic carbocycles. The molecule has 0 aliphatic rings. The zero-order chi connectivity index (χ0) is 18.5. The highest BCUT2D eigenvalue weighted by Gasteiger charge is 2.09. The van der Waals surface area contributed by atoms with Crippen LogP contribution in [0, 0.1) is 0 Å². The van der Waals surface area contributed by atoms with Crippen molar-refractivity contribution in [3.05, 3.63) is 64.8 Å². The number of ether oxygens (including phenoxy) is 1. The van der Waals surface area contributed by atoms with Crippen molar-refractivity contribution in [1.29, 1.82) is 0 Å². The normalized spacial score (nSPS) is 10.4. The van der Waals surface area contributed by atoms with Crippen LogP contribution in [0.25, 0.3) is 11.3 Å². The number of nitrogens with one attached hydrogen (secondary N) is 2. The van der Waals surface area contributed by atoms with Crippen LogP contribution >= 0.6 is 15.9 Å². The van der Waals surface area contributed by atoms with Crippen LogP contribution in [0.1, 0.15) is 5.56 Å². The number of nitrogens with zero attached hydrogens (tertiary/aromatic N) is 2. The number of aryl methyl sites for hydroxylation is 1. The first-order valence-corrected chi connectivity index (χ1v) is 8.82. The van der Waals surface area contributed by atoms with E-state index in [4.69, 9.17) is 4.74 Å². The van der Waals surface area contributed by atoms with E-state index in [0.29, 0.717) is 12.2 Å². The molecule has 3 aromatic rings. The highest BCUT2D eigenvalue weighted by atomic mass is 79.9. The van der Waals surface area contributed by atoms with Crippen molar-refractivity contribution in [3.8, 4) is 17.0 Å². The molecular weight excluding hydrogens is 396 g/mol. The summed E-state index contributed by atoms with van der Waals surface area (Å²) in [4.78, 5) is 12.2. The zero-order valence-corrected chi connectivity index (χ0v) is 16.1. The highest BCUT2D eigenvalue weighted by molar-refractivity contribution is 9.10. The molecule has 0 unspecified atom stereocenters. The molecular formula is C19H19BrN4O2. The number of methoxy groups -OCH3 is 1. The fourth-order valence-electron chi connectivity index (χ4n) is 2.50. The summed E-state index contributed by atoms with van der Waals surface area (Å²) in [6.07, 6.45) is 1.89. The summed E-state index contributed by atoms with van der Waals surface area (Å²) in [5.74, 6) is 0.788. The quantitative estimate of drug-likeness (QED) is 0.657. The van der Waals surface area contributed by atoms with Crippen LogP contribution < -0.4 is 15.4 Å². The minimum Gasteiger partial charge on any atom is -0.497 e. The lowest BCUT2D eigenvalue weighted by Crippen LogP contribution is -2.28. The summed E-state index contributed by atoms with van der Waals surface area (Å²) in [6.45, 7) is 0.432. The van der Waals surface area contributed by atoms with Gasteiger partial charge in [-0.1, -0.05) is 24.3 Å². The predicted octanol–water partition coefficient (Wildman–Crippen LogP) is 4.18. The molecule has 0 saturated heterocycles. The lowest BCUT2D eigenvalue weighted by atomic mass is 10.1. The Morgan fingerprint density at radius 3 is 2.65 bits per heavy atom. The van der Waals surface area contributed by atoms with E-state index in [2.05, 4.69) is 31.7 Å². The van der Waals surface area contributed by atoms with E-state index in [1.54, 1.807) is 11.8 Å². The van der Waals surface area contributed by atoms with E-state index < -0.39 is 0 Å². The topological polar surface area (TPSA) is 68.2 Å². The summed E-state index contributed by atoms with van der Waals surface area (Å²) >= 11 is 3.50. The molecule has 0 aliphatic heterocycles. The van der Waals surface area contributed by atoms with Gasteiger partial charge in [-0.25, -0.2) is 4.79 Å². The van der Waals surface area contributed by atoms with Gasteiger partial charge < -0.3 is 15.4 Å². The van der Waals surface area contributed by atoms with E-state index in [1.807, 2.05) is 61.8 Å². The van der Waals surface area contributed by atoms with Crippen LogP contribution in [0.5, 0.6) is 5.75 Å². The number of urea groups is 1. The molecule has 0 fully saturated rings. The Bertz CT molecular complexity index is 906. The second kappa shape index (κ2) is 8.05. The van der Waals surface area contributed by atoms with Crippen molar-refractivity contribution in [3.63, 3.8) is 0 Å². The van der Waals surface area contributed by atoms with Crippen molar-refractivity contribution in [2.45, 2.75) is 6.54 Å². The lowest BCUT2D eigenvalue weighted by Gasteiger charge is -2.09. The number of hydrogen-bond donors (Lipinski definition) is 2. The monoisotopic (exact) mass is 414 g/mol. The van der Waals surface area contributed by atoms with Crippen molar-refractivity contribution in [1.82, 2.24) is 15.1 Å². The van der Waals surface area contributed by atoms with Gasteiger partial charge >= 0.3 is 6.03 Å². The SMILES string of the molecule is COc1ccc(CNC(=O)Nc2cccc(-c3nn(C)cc3Br)c2)cc1. The molecule has 0 radical (unpaired) electrons. The molecule has 1 heterocycles. The number of carbonyl (C=O) groups is 1. The summed E-state index contributed by atoms with van der Waals surface area (Å²) in [5, 5.41) is 10.1. The maximum absolute atomic E-state index is 12.2. The van der Waals surface area contributed by atoms with E-state index in [9.17, 15) is 4.79 Å². The van der Waals surface area contributed by atoms with Gasteiger partial charge in [0.2, 0.25) is 0 Å². The molecule has 2 N–H and O–H groups in total. The molecule has 7 heteroatoms. The molecule has 1 aromatic heterocycles. The second-order valence-electron chi connectivity index (χ2n) is 5.74. The molecule has 26 heavy (non-hydrogen) atoms. The van der Waals surface area contributed by atoms with E-state index in [1.165, 1.54) is 0 Å². The number of hydrogen-bond acceptors (Lipinski definition) is 3. The molecule has 134 valence electrons. The van der Waals surface area contributed by atoms with Crippen LogP contribution in [0.2, 0.25) is 0 Å². The average Bonchev–Trinajstić information content (AvgIpc) is 2.99. The van der Waals surface area contributed by atoms with E-state index in [-0.39, 0.29) is 6.03 Å². The summed E-state index contributed by atoms with van der Waals surface area (Å²) in [6, 6.07) is 14.9. The van der Waals surface area contributed by atoms with Crippen LogP contribution in [0.3, 0.4) is 0 Å². The number of amides is 2. The van der Waals surface area contributed by atoms with Crippen molar-refractivity contribution < 1.29 is 9.53 Å². The lowest BCUT2D eigenvalue weighted by molar-refractivity contribution is 0.251. The molecule has 0 bridgehead atoms. The Balaban J connectivity index is 1.62. The largest absolute Gasteiger partial charge is 0.497 e. The van der Waals surface area contributed by atoms with Crippen LogP contribution in [-0.2, 0) is 13.6 Å². The maximum Gasteiger partial charge on any atom is 0.319 e. The van der Waals surface area contributed by atoms with Gasteiger partial charge in [-0.2, -0.15) is 5.10 Å². The minimum absolute atomic E-state index is 0.266. The fourth-order valence-corrected chi connectivity index (χ4v) is 3.10.